The minimum absolute atomic E-state index is 0.280. The molecule has 2 atom stereocenters. The van der Waals surface area contributed by atoms with Crippen LogP contribution >= 0.6 is 15.9 Å². The maximum absolute atomic E-state index is 13.8. The Bertz CT molecular complexity index is 873. The first-order valence-electron chi connectivity index (χ1n) is 8.14. The van der Waals surface area contributed by atoms with Crippen molar-refractivity contribution in [2.45, 2.75) is 13.0 Å². The molecule has 0 saturated heterocycles. The Balaban J connectivity index is 2.22. The molecule has 0 heterocycles. The molecule has 148 valence electrons. The van der Waals surface area contributed by atoms with E-state index < -0.39 is 35.6 Å². The van der Waals surface area contributed by atoms with Crippen LogP contribution in [0.25, 0.3) is 0 Å². The van der Waals surface area contributed by atoms with Gasteiger partial charge in [-0.3, -0.25) is 15.3 Å². The second kappa shape index (κ2) is 9.86. The molecular formula is C19H18BrFN2O5. The molecule has 9 heteroatoms. The predicted octanol–water partition coefficient (Wildman–Crippen LogP) is 4.28. The van der Waals surface area contributed by atoms with Gasteiger partial charge in [-0.25, -0.2) is 14.7 Å². The highest BCUT2D eigenvalue weighted by atomic mass is 79.9. The second-order valence-electron chi connectivity index (χ2n) is 5.86. The molecule has 0 aliphatic rings. The number of aromatic hydroxyl groups is 1. The van der Waals surface area contributed by atoms with Crippen molar-refractivity contribution in [1.82, 2.24) is 5.48 Å². The summed E-state index contributed by atoms with van der Waals surface area (Å²) in [5.74, 6) is -2.73. The van der Waals surface area contributed by atoms with Gasteiger partial charge < -0.3 is 9.84 Å². The Morgan fingerprint density at radius 3 is 2.50 bits per heavy atom. The van der Waals surface area contributed by atoms with E-state index in [9.17, 15) is 19.1 Å². The number of carbonyl (C=O) groups excluding carboxylic acids is 2. The first-order valence-corrected chi connectivity index (χ1v) is 8.93. The zero-order valence-corrected chi connectivity index (χ0v) is 16.3. The topological polar surface area (TPSA) is 108 Å². The van der Waals surface area contributed by atoms with E-state index in [1.807, 2.05) is 0 Å². The number of halogens is 2. The minimum Gasteiger partial charge on any atom is -0.505 e. The Morgan fingerprint density at radius 1 is 1.21 bits per heavy atom. The number of hydrogen-bond donors (Lipinski definition) is 4. The quantitative estimate of drug-likeness (QED) is 0.297. The predicted molar refractivity (Wildman–Crippen MR) is 103 cm³/mol. The summed E-state index contributed by atoms with van der Waals surface area (Å²) in [4.78, 5) is 23.5. The van der Waals surface area contributed by atoms with Crippen molar-refractivity contribution in [3.8, 4) is 5.75 Å². The molecule has 2 rings (SSSR count). The molecule has 2 amide bonds. The van der Waals surface area contributed by atoms with E-state index in [4.69, 9.17) is 9.94 Å². The van der Waals surface area contributed by atoms with Crippen LogP contribution < -0.4 is 10.8 Å². The summed E-state index contributed by atoms with van der Waals surface area (Å²) in [5, 5.41) is 20.5. The second-order valence-corrected chi connectivity index (χ2v) is 6.78. The first kappa shape index (κ1) is 21.4. The van der Waals surface area contributed by atoms with Crippen LogP contribution in [0.1, 0.15) is 18.6 Å². The van der Waals surface area contributed by atoms with Crippen molar-refractivity contribution in [1.29, 1.82) is 0 Å². The maximum atomic E-state index is 13.8. The lowest BCUT2D eigenvalue weighted by atomic mass is 9.96. The number of carbonyl (C=O) groups is 2. The third-order valence-corrected chi connectivity index (χ3v) is 4.29. The Labute approximate surface area is 168 Å². The average molecular weight is 453 g/mol. The number of ether oxygens (including phenoxy) is 1. The van der Waals surface area contributed by atoms with Crippen molar-refractivity contribution < 1.29 is 29.0 Å². The van der Waals surface area contributed by atoms with Crippen molar-refractivity contribution in [3.05, 3.63) is 70.5 Å². The summed E-state index contributed by atoms with van der Waals surface area (Å²) in [6.07, 6.45) is 0.708. The molecule has 0 bridgehead atoms. The summed E-state index contributed by atoms with van der Waals surface area (Å²) >= 11 is 3.29. The molecule has 0 aliphatic carbocycles. The smallest absolute Gasteiger partial charge is 0.412 e. The zero-order valence-electron chi connectivity index (χ0n) is 14.7. The number of amides is 2. The highest BCUT2D eigenvalue weighted by Gasteiger charge is 2.23. The normalized spacial score (nSPS) is 13.0. The number of anilines is 1. The first-order chi connectivity index (χ1) is 13.3. The van der Waals surface area contributed by atoms with Crippen molar-refractivity contribution in [3.63, 3.8) is 0 Å². The molecule has 7 nitrogen and oxygen atoms in total. The van der Waals surface area contributed by atoms with Crippen LogP contribution in [0.4, 0.5) is 14.9 Å². The van der Waals surface area contributed by atoms with Crippen molar-refractivity contribution >= 4 is 33.6 Å². The number of phenols is 1. The van der Waals surface area contributed by atoms with Crippen LogP contribution in [-0.2, 0) is 9.53 Å². The summed E-state index contributed by atoms with van der Waals surface area (Å²) in [6.45, 7) is 1.64. The molecule has 28 heavy (non-hydrogen) atoms. The fourth-order valence-corrected chi connectivity index (χ4v) is 2.62. The summed E-state index contributed by atoms with van der Waals surface area (Å²) in [5.41, 5.74) is 2.22. The lowest BCUT2D eigenvalue weighted by molar-refractivity contribution is -0.124. The Hall–Kier alpha value is -2.91. The third-order valence-electron chi connectivity index (χ3n) is 3.76. The van der Waals surface area contributed by atoms with E-state index in [1.54, 1.807) is 31.2 Å². The molecule has 0 spiro atoms. The van der Waals surface area contributed by atoms with Gasteiger partial charge in [-0.05, 0) is 42.0 Å². The van der Waals surface area contributed by atoms with Gasteiger partial charge in [0.1, 0.15) is 6.10 Å². The maximum Gasteiger partial charge on any atom is 0.412 e. The van der Waals surface area contributed by atoms with Gasteiger partial charge in [0.15, 0.2) is 11.6 Å². The molecule has 0 saturated carbocycles. The van der Waals surface area contributed by atoms with Crippen LogP contribution in [-0.4, -0.2) is 22.3 Å². The fraction of sp³-hybridized carbons (Fsp3) is 0.158. The van der Waals surface area contributed by atoms with Crippen LogP contribution in [0.3, 0.4) is 0 Å². The number of hydroxylamine groups is 1. The molecule has 0 unspecified atom stereocenters. The summed E-state index contributed by atoms with van der Waals surface area (Å²) in [7, 11) is 0. The van der Waals surface area contributed by atoms with Crippen LogP contribution in [0.5, 0.6) is 5.75 Å². The molecule has 0 aromatic heterocycles. The van der Waals surface area contributed by atoms with Crippen LogP contribution in [0.15, 0.2) is 59.1 Å². The van der Waals surface area contributed by atoms with E-state index in [2.05, 4.69) is 21.2 Å². The molecular weight excluding hydrogens is 435 g/mol. The number of benzene rings is 2. The third kappa shape index (κ3) is 6.07. The largest absolute Gasteiger partial charge is 0.505 e. The SMILES string of the molecule is C[C@H](/C=C/C(=O)NO)[C@H](OC(=O)Nc1ccc(Br)cc1)c1ccc(O)c(F)c1. The monoisotopic (exact) mass is 452 g/mol. The lowest BCUT2D eigenvalue weighted by Gasteiger charge is -2.23. The van der Waals surface area contributed by atoms with Gasteiger partial charge in [-0.1, -0.05) is 35.0 Å². The Morgan fingerprint density at radius 2 is 1.89 bits per heavy atom. The van der Waals surface area contributed by atoms with Gasteiger partial charge in [0, 0.05) is 22.2 Å². The number of phenolic OH excluding ortho intramolecular Hbond substituents is 1. The standard InChI is InChI=1S/C19H18BrFN2O5/c1-11(2-9-17(25)23-27)18(12-3-8-16(24)15(21)10-12)28-19(26)22-14-6-4-13(20)5-7-14/h2-11,18,24,27H,1H3,(H,22,26)(H,23,25)/b9-2+/t11-,18+/m1/s1. The van der Waals surface area contributed by atoms with Crippen molar-refractivity contribution in [2.75, 3.05) is 5.32 Å². The van der Waals surface area contributed by atoms with Gasteiger partial charge in [-0.2, -0.15) is 0 Å². The van der Waals surface area contributed by atoms with Crippen molar-refractivity contribution in [2.24, 2.45) is 5.92 Å². The highest BCUT2D eigenvalue weighted by Crippen LogP contribution is 2.30. The molecule has 0 aliphatic heterocycles. The molecule has 2 aromatic rings. The summed E-state index contributed by atoms with van der Waals surface area (Å²) < 4.78 is 20.0. The van der Waals surface area contributed by atoms with Gasteiger partial charge in [0.2, 0.25) is 0 Å². The Kier molecular flexibility index (Phi) is 7.53. The number of hydrogen-bond acceptors (Lipinski definition) is 5. The van der Waals surface area contributed by atoms with E-state index in [1.165, 1.54) is 17.6 Å². The van der Waals surface area contributed by atoms with E-state index in [-0.39, 0.29) is 5.56 Å². The lowest BCUT2D eigenvalue weighted by Crippen LogP contribution is -2.22. The van der Waals surface area contributed by atoms with Crippen LogP contribution in [0.2, 0.25) is 0 Å². The fourth-order valence-electron chi connectivity index (χ4n) is 2.35. The molecule has 0 radical (unpaired) electrons. The van der Waals surface area contributed by atoms with E-state index >= 15 is 0 Å². The van der Waals surface area contributed by atoms with Gasteiger partial charge in [0.25, 0.3) is 5.91 Å². The van der Waals surface area contributed by atoms with E-state index in [0.717, 1.165) is 22.7 Å². The number of rotatable bonds is 6. The zero-order chi connectivity index (χ0) is 20.7. The van der Waals surface area contributed by atoms with Gasteiger partial charge in [0.05, 0.1) is 0 Å². The van der Waals surface area contributed by atoms with Gasteiger partial charge in [-0.15, -0.1) is 0 Å². The highest BCUT2D eigenvalue weighted by molar-refractivity contribution is 9.10. The summed E-state index contributed by atoms with van der Waals surface area (Å²) in [6, 6.07) is 10.4. The molecule has 2 aromatic carbocycles. The van der Waals surface area contributed by atoms with Gasteiger partial charge >= 0.3 is 6.09 Å². The molecule has 4 N–H and O–H groups in total. The molecule has 0 fully saturated rings. The average Bonchev–Trinajstić information content (AvgIpc) is 2.68. The number of nitrogens with one attached hydrogen (secondary N) is 2. The minimum atomic E-state index is -0.965. The van der Waals surface area contributed by atoms with Crippen LogP contribution in [0, 0.1) is 11.7 Å². The van der Waals surface area contributed by atoms with E-state index in [0.29, 0.717) is 5.69 Å².